The van der Waals surface area contributed by atoms with Gasteiger partial charge in [0.1, 0.15) is 10.7 Å². The minimum Gasteiger partial charge on any atom is -0.346 e. The van der Waals surface area contributed by atoms with Crippen LogP contribution in [-0.2, 0) is 6.54 Å². The van der Waals surface area contributed by atoms with E-state index in [2.05, 4.69) is 10.3 Å². The largest absolute Gasteiger partial charge is 0.346 e. The van der Waals surface area contributed by atoms with Gasteiger partial charge < -0.3 is 5.32 Å². The second kappa shape index (κ2) is 5.79. The molecule has 0 radical (unpaired) electrons. The summed E-state index contributed by atoms with van der Waals surface area (Å²) in [6, 6.07) is 10.1. The van der Waals surface area contributed by atoms with E-state index in [1.807, 2.05) is 12.1 Å². The van der Waals surface area contributed by atoms with Gasteiger partial charge in [-0.2, -0.15) is 0 Å². The highest BCUT2D eigenvalue weighted by molar-refractivity contribution is 7.21. The van der Waals surface area contributed by atoms with Crippen LogP contribution in [0.25, 0.3) is 10.1 Å². The van der Waals surface area contributed by atoms with E-state index in [1.54, 1.807) is 24.4 Å². The predicted molar refractivity (Wildman–Crippen MR) is 82.2 cm³/mol. The number of amides is 1. The summed E-state index contributed by atoms with van der Waals surface area (Å²) in [6.07, 6.45) is 1.66. The van der Waals surface area contributed by atoms with Crippen molar-refractivity contribution in [3.63, 3.8) is 0 Å². The molecule has 3 nitrogen and oxygen atoms in total. The molecular formula is C15H10ClFN2OS. The van der Waals surface area contributed by atoms with E-state index in [4.69, 9.17) is 11.6 Å². The number of rotatable bonds is 3. The molecule has 0 bridgehead atoms. The zero-order valence-corrected chi connectivity index (χ0v) is 12.3. The third-order valence-electron chi connectivity index (χ3n) is 2.97. The summed E-state index contributed by atoms with van der Waals surface area (Å²) in [5, 5.41) is 3.20. The maximum atomic E-state index is 13.8. The maximum Gasteiger partial charge on any atom is 0.263 e. The second-order valence-electron chi connectivity index (χ2n) is 4.36. The standard InChI is InChI=1S/C15H10ClFN2OS/c16-13-12-10(17)5-3-6-11(12)21-14(13)15(20)19-8-9-4-1-2-7-18-9/h1-7H,8H2,(H,19,20). The third kappa shape index (κ3) is 2.75. The first-order valence-electron chi connectivity index (χ1n) is 6.21. The number of carbonyl (C=O) groups excluding carboxylic acids is 1. The van der Waals surface area contributed by atoms with Crippen LogP contribution in [0.4, 0.5) is 4.39 Å². The summed E-state index contributed by atoms with van der Waals surface area (Å²) in [6.45, 7) is 0.298. The molecule has 0 spiro atoms. The van der Waals surface area contributed by atoms with Crippen molar-refractivity contribution in [2.45, 2.75) is 6.54 Å². The highest BCUT2D eigenvalue weighted by Crippen LogP contribution is 2.36. The second-order valence-corrected chi connectivity index (χ2v) is 5.79. The van der Waals surface area contributed by atoms with Crippen molar-refractivity contribution in [3.8, 4) is 0 Å². The molecule has 3 rings (SSSR count). The van der Waals surface area contributed by atoms with E-state index in [1.165, 1.54) is 17.4 Å². The normalized spacial score (nSPS) is 10.8. The van der Waals surface area contributed by atoms with E-state index in [0.29, 0.717) is 21.5 Å². The van der Waals surface area contributed by atoms with Crippen molar-refractivity contribution < 1.29 is 9.18 Å². The average Bonchev–Trinajstić information content (AvgIpc) is 2.84. The molecule has 0 aliphatic heterocycles. The molecule has 0 aliphatic rings. The molecule has 0 saturated heterocycles. The molecule has 0 fully saturated rings. The van der Waals surface area contributed by atoms with E-state index in [-0.39, 0.29) is 10.9 Å². The number of benzene rings is 1. The number of halogens is 2. The molecule has 6 heteroatoms. The zero-order chi connectivity index (χ0) is 14.8. The fourth-order valence-corrected chi connectivity index (χ4v) is 3.44. The maximum absolute atomic E-state index is 13.8. The van der Waals surface area contributed by atoms with Crippen molar-refractivity contribution in [2.24, 2.45) is 0 Å². The Bertz CT molecular complexity index is 804. The molecule has 0 aliphatic carbocycles. The Kier molecular flexibility index (Phi) is 3.86. The van der Waals surface area contributed by atoms with Gasteiger partial charge in [0, 0.05) is 16.3 Å². The Morgan fingerprint density at radius 1 is 1.29 bits per heavy atom. The molecule has 3 aromatic rings. The number of hydrogen-bond acceptors (Lipinski definition) is 3. The van der Waals surface area contributed by atoms with E-state index >= 15 is 0 Å². The molecule has 0 unspecified atom stereocenters. The van der Waals surface area contributed by atoms with Crippen molar-refractivity contribution in [1.82, 2.24) is 10.3 Å². The lowest BCUT2D eigenvalue weighted by atomic mass is 10.2. The number of aromatic nitrogens is 1. The van der Waals surface area contributed by atoms with Crippen LogP contribution in [0.1, 0.15) is 15.4 Å². The Balaban J connectivity index is 1.85. The first-order chi connectivity index (χ1) is 10.2. The fraction of sp³-hybridized carbons (Fsp3) is 0.0667. The van der Waals surface area contributed by atoms with Crippen LogP contribution in [0, 0.1) is 5.82 Å². The predicted octanol–water partition coefficient (Wildman–Crippen LogP) is 4.02. The quantitative estimate of drug-likeness (QED) is 0.792. The molecule has 0 saturated carbocycles. The van der Waals surface area contributed by atoms with Crippen LogP contribution in [0.5, 0.6) is 0 Å². The molecule has 1 aromatic carbocycles. The van der Waals surface area contributed by atoms with Crippen LogP contribution in [0.2, 0.25) is 5.02 Å². The molecule has 106 valence electrons. The van der Waals surface area contributed by atoms with Crippen molar-refractivity contribution in [2.75, 3.05) is 0 Å². The van der Waals surface area contributed by atoms with E-state index < -0.39 is 5.82 Å². The van der Waals surface area contributed by atoms with Gasteiger partial charge in [-0.05, 0) is 24.3 Å². The smallest absolute Gasteiger partial charge is 0.263 e. The number of hydrogen-bond donors (Lipinski definition) is 1. The van der Waals surface area contributed by atoms with Crippen LogP contribution in [0.15, 0.2) is 42.6 Å². The summed E-state index contributed by atoms with van der Waals surface area (Å²) in [7, 11) is 0. The van der Waals surface area contributed by atoms with Crippen molar-refractivity contribution >= 4 is 38.9 Å². The lowest BCUT2D eigenvalue weighted by Gasteiger charge is -2.03. The van der Waals surface area contributed by atoms with Gasteiger partial charge >= 0.3 is 0 Å². The van der Waals surface area contributed by atoms with E-state index in [9.17, 15) is 9.18 Å². The lowest BCUT2D eigenvalue weighted by molar-refractivity contribution is 0.0954. The van der Waals surface area contributed by atoms with Gasteiger partial charge in [-0.25, -0.2) is 4.39 Å². The number of carbonyl (C=O) groups is 1. The molecular weight excluding hydrogens is 311 g/mol. The number of fused-ring (bicyclic) bond motifs is 1. The number of nitrogens with one attached hydrogen (secondary N) is 1. The fourth-order valence-electron chi connectivity index (χ4n) is 1.97. The minimum atomic E-state index is -0.419. The van der Waals surface area contributed by atoms with E-state index in [0.717, 1.165) is 5.69 Å². The molecule has 1 N–H and O–H groups in total. The average molecular weight is 321 g/mol. The van der Waals surface area contributed by atoms with Gasteiger partial charge in [0.25, 0.3) is 5.91 Å². The summed E-state index contributed by atoms with van der Waals surface area (Å²) in [5.41, 5.74) is 0.745. The first-order valence-corrected chi connectivity index (χ1v) is 7.41. The number of pyridine rings is 1. The van der Waals surface area contributed by atoms with Crippen LogP contribution < -0.4 is 5.32 Å². The van der Waals surface area contributed by atoms with Gasteiger partial charge in [-0.1, -0.05) is 23.7 Å². The summed E-state index contributed by atoms with van der Waals surface area (Å²) >= 11 is 7.31. The first kappa shape index (κ1) is 14.0. The third-order valence-corrected chi connectivity index (χ3v) is 4.61. The highest BCUT2D eigenvalue weighted by Gasteiger charge is 2.19. The summed E-state index contributed by atoms with van der Waals surface area (Å²) < 4.78 is 14.4. The van der Waals surface area contributed by atoms with Crippen molar-refractivity contribution in [3.05, 3.63) is 64.0 Å². The van der Waals surface area contributed by atoms with Gasteiger partial charge in [0.15, 0.2) is 0 Å². The Labute approximate surface area is 129 Å². The van der Waals surface area contributed by atoms with Crippen molar-refractivity contribution in [1.29, 1.82) is 0 Å². The molecule has 21 heavy (non-hydrogen) atoms. The minimum absolute atomic E-state index is 0.159. The molecule has 1 amide bonds. The zero-order valence-electron chi connectivity index (χ0n) is 10.8. The van der Waals surface area contributed by atoms with Gasteiger partial charge in [0.05, 0.1) is 17.3 Å². The Morgan fingerprint density at radius 2 is 2.14 bits per heavy atom. The Morgan fingerprint density at radius 3 is 2.86 bits per heavy atom. The monoisotopic (exact) mass is 320 g/mol. The van der Waals surface area contributed by atoms with Crippen LogP contribution >= 0.6 is 22.9 Å². The summed E-state index contributed by atoms with van der Waals surface area (Å²) in [4.78, 5) is 16.6. The topological polar surface area (TPSA) is 42.0 Å². The SMILES string of the molecule is O=C(NCc1ccccn1)c1sc2cccc(F)c2c1Cl. The molecule has 0 atom stereocenters. The van der Waals surface area contributed by atoms with Gasteiger partial charge in [0.2, 0.25) is 0 Å². The Hall–Kier alpha value is -1.98. The van der Waals surface area contributed by atoms with Gasteiger partial charge in [-0.3, -0.25) is 9.78 Å². The number of thiophene rings is 1. The highest BCUT2D eigenvalue weighted by atomic mass is 35.5. The lowest BCUT2D eigenvalue weighted by Crippen LogP contribution is -2.22. The molecule has 2 aromatic heterocycles. The number of nitrogens with zero attached hydrogens (tertiary/aromatic N) is 1. The van der Waals surface area contributed by atoms with Crippen LogP contribution in [-0.4, -0.2) is 10.9 Å². The van der Waals surface area contributed by atoms with Crippen LogP contribution in [0.3, 0.4) is 0 Å². The molecule has 2 heterocycles. The van der Waals surface area contributed by atoms with Gasteiger partial charge in [-0.15, -0.1) is 11.3 Å². The summed E-state index contributed by atoms with van der Waals surface area (Å²) in [5.74, 6) is -0.747.